The third-order valence-electron chi connectivity index (χ3n) is 11.6. The van der Waals surface area contributed by atoms with E-state index in [0.717, 1.165) is 81.4 Å². The Balaban J connectivity index is 0.795. The quantitative estimate of drug-likeness (QED) is 0.0739. The highest BCUT2D eigenvalue weighted by Gasteiger charge is 2.40. The molecule has 0 radical (unpaired) electrons. The zero-order valence-electron chi connectivity index (χ0n) is 35.3. The number of anilines is 2. The lowest BCUT2D eigenvalue weighted by Crippen LogP contribution is -2.56. The number of carbonyl (C=O) groups is 3. The van der Waals surface area contributed by atoms with Gasteiger partial charge in [0.15, 0.2) is 16.0 Å². The van der Waals surface area contributed by atoms with Gasteiger partial charge in [-0.2, -0.15) is 0 Å². The molecule has 2 aromatic heterocycles. The number of nitrogens with zero attached hydrogens (tertiary/aromatic N) is 4. The van der Waals surface area contributed by atoms with E-state index < -0.39 is 11.6 Å². The molecule has 61 heavy (non-hydrogen) atoms. The van der Waals surface area contributed by atoms with E-state index >= 15 is 0 Å². The highest BCUT2D eigenvalue weighted by atomic mass is 32.1. The summed E-state index contributed by atoms with van der Waals surface area (Å²) in [7, 11) is 1.38. The molecule has 0 bridgehead atoms. The number of ether oxygens (including phenoxy) is 3. The van der Waals surface area contributed by atoms with Crippen molar-refractivity contribution in [2.45, 2.75) is 90.3 Å². The second-order valence-corrected chi connectivity index (χ2v) is 19.2. The maximum Gasteiger partial charge on any atom is 0.357 e. The lowest BCUT2D eigenvalue weighted by molar-refractivity contribution is -0.167. The molecule has 2 aliphatic heterocycles. The smallest absolute Gasteiger partial charge is 0.357 e. The van der Waals surface area contributed by atoms with Gasteiger partial charge in [0.25, 0.3) is 5.91 Å². The number of thiazole rings is 2. The second kappa shape index (κ2) is 18.8. The lowest BCUT2D eigenvalue weighted by Gasteiger charge is -2.46. The number of hydrogen-bond acceptors (Lipinski definition) is 12. The van der Waals surface area contributed by atoms with Crippen molar-refractivity contribution in [3.63, 3.8) is 0 Å². The van der Waals surface area contributed by atoms with Crippen LogP contribution in [0.15, 0.2) is 66.7 Å². The van der Waals surface area contributed by atoms with Crippen molar-refractivity contribution in [1.82, 2.24) is 14.9 Å². The number of aromatic nitrogens is 2. The highest BCUT2D eigenvalue weighted by Crippen LogP contribution is 2.35. The van der Waals surface area contributed by atoms with Gasteiger partial charge >= 0.3 is 11.9 Å². The van der Waals surface area contributed by atoms with Gasteiger partial charge in [-0.05, 0) is 125 Å². The Morgan fingerprint density at radius 1 is 0.934 bits per heavy atom. The number of para-hydroxylation sites is 1. The highest BCUT2D eigenvalue weighted by molar-refractivity contribution is 7.22. The molecule has 13 heteroatoms. The van der Waals surface area contributed by atoms with Crippen molar-refractivity contribution in [1.29, 1.82) is 0 Å². The lowest BCUT2D eigenvalue weighted by atomic mass is 9.81. The number of rotatable bonds is 12. The molecular formula is C48H53N5O6S2. The van der Waals surface area contributed by atoms with Crippen LogP contribution in [-0.2, 0) is 33.7 Å². The van der Waals surface area contributed by atoms with E-state index in [-0.39, 0.29) is 17.8 Å². The molecule has 1 amide bonds. The molecule has 3 aromatic carbocycles. The molecule has 0 unspecified atom stereocenters. The van der Waals surface area contributed by atoms with Crippen LogP contribution in [0.25, 0.3) is 10.2 Å². The molecule has 0 atom stereocenters. The minimum Gasteiger partial charge on any atom is -0.494 e. The predicted octanol–water partition coefficient (Wildman–Crippen LogP) is 8.94. The number of hydrogen-bond donors (Lipinski definition) is 1. The Morgan fingerprint density at radius 3 is 2.48 bits per heavy atom. The maximum atomic E-state index is 13.6. The summed E-state index contributed by atoms with van der Waals surface area (Å²) in [6.45, 7) is 9.10. The summed E-state index contributed by atoms with van der Waals surface area (Å²) in [6.07, 6.45) is 7.62. The van der Waals surface area contributed by atoms with Gasteiger partial charge in [-0.25, -0.2) is 14.8 Å². The van der Waals surface area contributed by atoms with Crippen molar-refractivity contribution in [2.24, 2.45) is 11.8 Å². The molecule has 1 aliphatic carbocycles. The van der Waals surface area contributed by atoms with Gasteiger partial charge in [0, 0.05) is 54.6 Å². The van der Waals surface area contributed by atoms with Crippen LogP contribution in [0.5, 0.6) is 5.75 Å². The summed E-state index contributed by atoms with van der Waals surface area (Å²) in [4.78, 5) is 53.6. The van der Waals surface area contributed by atoms with Crippen molar-refractivity contribution in [3.05, 3.63) is 99.6 Å². The van der Waals surface area contributed by atoms with E-state index in [0.29, 0.717) is 60.9 Å². The number of aryl methyl sites for hydroxylation is 1. The Labute approximate surface area is 365 Å². The van der Waals surface area contributed by atoms with Gasteiger partial charge in [0.1, 0.15) is 11.4 Å². The second-order valence-electron chi connectivity index (χ2n) is 17.2. The van der Waals surface area contributed by atoms with Gasteiger partial charge < -0.3 is 19.1 Å². The molecule has 318 valence electrons. The first kappa shape index (κ1) is 42.4. The largest absolute Gasteiger partial charge is 0.494 e. The standard InChI is InChI=1S/C48H53N5O6S2/c1-48(2,3)59-44(55)34-28-53(29-34)35-21-17-31(18-22-35)10-7-11-32-19-23-36(24-20-32)58-27-9-16-41-42(45(56)57-4)50-47(61-41)52-26-25-33-12-8-13-37(38(33)30-52)43(54)51-46-49-39-14-5-6-15-40(39)60-46/h5-6,8,12-15,19-20,23-24,31,34-35H,9-10,16-18,21-22,25-30H2,1-4H3,(H,49,51,54). The molecule has 1 saturated heterocycles. The fraction of sp³-hybridized carbons (Fsp3) is 0.438. The van der Waals surface area contributed by atoms with Crippen LogP contribution in [0.1, 0.15) is 102 Å². The average molecular weight is 860 g/mol. The molecule has 11 nitrogen and oxygen atoms in total. The number of amides is 1. The number of esters is 2. The molecule has 1 N–H and O–H groups in total. The first-order valence-corrected chi connectivity index (χ1v) is 22.9. The van der Waals surface area contributed by atoms with Gasteiger partial charge in [0.05, 0.1) is 29.9 Å². The fourth-order valence-corrected chi connectivity index (χ4v) is 10.3. The normalized spacial score (nSPS) is 18.1. The van der Waals surface area contributed by atoms with Gasteiger partial charge in [-0.15, -0.1) is 11.3 Å². The fourth-order valence-electron chi connectivity index (χ4n) is 8.36. The molecule has 8 rings (SSSR count). The number of likely N-dealkylation sites (tertiary alicyclic amines) is 1. The molecule has 1 saturated carbocycles. The number of methoxy groups -OCH3 is 1. The zero-order chi connectivity index (χ0) is 42.5. The molecule has 3 aliphatic rings. The van der Waals surface area contributed by atoms with Crippen LogP contribution in [-0.4, -0.2) is 77.7 Å². The summed E-state index contributed by atoms with van der Waals surface area (Å²) in [6, 6.07) is 22.2. The topological polar surface area (TPSA) is 123 Å². The van der Waals surface area contributed by atoms with E-state index in [1.807, 2.05) is 81.4 Å². The number of carbonyl (C=O) groups excluding carboxylic acids is 3. The summed E-state index contributed by atoms with van der Waals surface area (Å²) < 4.78 is 17.8. The first-order valence-electron chi connectivity index (χ1n) is 21.3. The summed E-state index contributed by atoms with van der Waals surface area (Å²) in [5, 5.41) is 4.31. The number of fused-ring (bicyclic) bond motifs is 2. The van der Waals surface area contributed by atoms with Crippen molar-refractivity contribution >= 4 is 61.0 Å². The van der Waals surface area contributed by atoms with Crippen LogP contribution in [0.2, 0.25) is 0 Å². The van der Waals surface area contributed by atoms with Crippen LogP contribution < -0.4 is 15.0 Å². The van der Waals surface area contributed by atoms with E-state index in [4.69, 9.17) is 19.2 Å². The molecule has 0 spiro atoms. The SMILES string of the molecule is COC(=O)c1nc(N2CCc3cccc(C(=O)Nc4nc5ccccc5s4)c3C2)sc1CCCOc1ccc(C#CCC2CCC(N3CC(C(=O)OC(C)(C)C)C3)CC2)cc1. The Bertz CT molecular complexity index is 2400. The van der Waals surface area contributed by atoms with Gasteiger partial charge in [0.2, 0.25) is 0 Å². The van der Waals surface area contributed by atoms with E-state index in [1.165, 1.54) is 42.6 Å². The van der Waals surface area contributed by atoms with E-state index in [9.17, 15) is 14.4 Å². The minimum absolute atomic E-state index is 0.0143. The van der Waals surface area contributed by atoms with Gasteiger partial charge in [-0.3, -0.25) is 19.8 Å². The van der Waals surface area contributed by atoms with Crippen molar-refractivity contribution < 1.29 is 28.6 Å². The third-order valence-corrected chi connectivity index (χ3v) is 13.8. The first-order chi connectivity index (χ1) is 29.5. The Hall–Kier alpha value is -5.29. The molecule has 2 fully saturated rings. The Morgan fingerprint density at radius 2 is 1.72 bits per heavy atom. The van der Waals surface area contributed by atoms with Crippen LogP contribution in [0.3, 0.4) is 0 Å². The van der Waals surface area contributed by atoms with Gasteiger partial charge in [-0.1, -0.05) is 47.4 Å². The third kappa shape index (κ3) is 10.4. The minimum atomic E-state index is -0.461. The average Bonchev–Trinajstić information content (AvgIpc) is 3.85. The zero-order valence-corrected chi connectivity index (χ0v) is 37.0. The number of benzene rings is 3. The van der Waals surface area contributed by atoms with Crippen LogP contribution in [0.4, 0.5) is 10.3 Å². The van der Waals surface area contributed by atoms with Crippen molar-refractivity contribution in [3.8, 4) is 17.6 Å². The van der Waals surface area contributed by atoms with Crippen LogP contribution in [0, 0.1) is 23.7 Å². The Kier molecular flexibility index (Phi) is 13.0. The van der Waals surface area contributed by atoms with E-state index in [2.05, 4.69) is 38.0 Å². The van der Waals surface area contributed by atoms with Crippen molar-refractivity contribution in [2.75, 3.05) is 43.6 Å². The summed E-state index contributed by atoms with van der Waals surface area (Å²) in [5.74, 6) is 7.44. The summed E-state index contributed by atoms with van der Waals surface area (Å²) >= 11 is 2.95. The summed E-state index contributed by atoms with van der Waals surface area (Å²) in [5.41, 5.74) is 4.41. The van der Waals surface area contributed by atoms with E-state index in [1.54, 1.807) is 0 Å². The maximum absolute atomic E-state index is 13.6. The predicted molar refractivity (Wildman–Crippen MR) is 241 cm³/mol. The monoisotopic (exact) mass is 859 g/mol. The number of nitrogens with one attached hydrogen (secondary N) is 1. The molecule has 5 aromatic rings. The van der Waals surface area contributed by atoms with Crippen LogP contribution >= 0.6 is 22.7 Å². The molecular weight excluding hydrogens is 807 g/mol. The molecule has 4 heterocycles.